The highest BCUT2D eigenvalue weighted by atomic mass is 32.2. The summed E-state index contributed by atoms with van der Waals surface area (Å²) in [7, 11) is 0. The molecule has 3 N–H and O–H groups in total. The number of hydrogen-bond acceptors (Lipinski definition) is 5. The topological polar surface area (TPSA) is 105 Å². The van der Waals surface area contributed by atoms with Crippen molar-refractivity contribution in [1.29, 1.82) is 0 Å². The molecule has 35 heavy (non-hydrogen) atoms. The molecule has 188 valence electrons. The van der Waals surface area contributed by atoms with E-state index in [9.17, 15) is 14.4 Å². The summed E-state index contributed by atoms with van der Waals surface area (Å²) in [6.07, 6.45) is -0.000560. The SMILES string of the molecule is CC(C)(C)CC(CC(=O)O)NC(=O)CSCCNC(=O)OCC1c2ccccc2-c2ccccc21. The van der Waals surface area contributed by atoms with Gasteiger partial charge in [-0.1, -0.05) is 69.3 Å². The number of hydrogen-bond donors (Lipinski definition) is 3. The Labute approximate surface area is 211 Å². The molecule has 2 aromatic carbocycles. The van der Waals surface area contributed by atoms with Crippen molar-refractivity contribution in [2.45, 2.75) is 45.6 Å². The molecule has 3 rings (SSSR count). The van der Waals surface area contributed by atoms with Crippen LogP contribution in [-0.4, -0.2) is 53.8 Å². The van der Waals surface area contributed by atoms with Crippen LogP contribution in [0.1, 0.15) is 50.7 Å². The molecule has 0 fully saturated rings. The summed E-state index contributed by atoms with van der Waals surface area (Å²) in [6, 6.07) is 16.0. The first kappa shape index (κ1) is 26.6. The number of ether oxygens (including phenoxy) is 1. The molecule has 7 nitrogen and oxygen atoms in total. The van der Waals surface area contributed by atoms with Gasteiger partial charge in [-0.15, -0.1) is 0 Å². The number of aliphatic carboxylic acids is 1. The van der Waals surface area contributed by atoms with Crippen molar-refractivity contribution < 1.29 is 24.2 Å². The zero-order chi connectivity index (χ0) is 25.4. The van der Waals surface area contributed by atoms with Crippen molar-refractivity contribution in [3.05, 3.63) is 59.7 Å². The Bertz CT molecular complexity index is 1000. The molecule has 0 aromatic heterocycles. The van der Waals surface area contributed by atoms with Gasteiger partial charge in [0.1, 0.15) is 6.61 Å². The predicted octanol–water partition coefficient (Wildman–Crippen LogP) is 4.65. The minimum Gasteiger partial charge on any atom is -0.481 e. The number of nitrogens with one attached hydrogen (secondary N) is 2. The number of benzene rings is 2. The van der Waals surface area contributed by atoms with Crippen LogP contribution in [0, 0.1) is 5.41 Å². The Morgan fingerprint density at radius 1 is 1.03 bits per heavy atom. The predicted molar refractivity (Wildman–Crippen MR) is 139 cm³/mol. The van der Waals surface area contributed by atoms with Crippen molar-refractivity contribution in [1.82, 2.24) is 10.6 Å². The van der Waals surface area contributed by atoms with Crippen molar-refractivity contribution in [2.75, 3.05) is 24.7 Å². The molecule has 1 unspecified atom stereocenters. The Morgan fingerprint density at radius 3 is 2.20 bits per heavy atom. The van der Waals surface area contributed by atoms with Gasteiger partial charge in [-0.3, -0.25) is 9.59 Å². The number of fused-ring (bicyclic) bond motifs is 3. The summed E-state index contributed by atoms with van der Waals surface area (Å²) in [4.78, 5) is 35.5. The third-order valence-corrected chi connectivity index (χ3v) is 6.70. The van der Waals surface area contributed by atoms with E-state index in [4.69, 9.17) is 9.84 Å². The molecule has 0 radical (unpaired) electrons. The van der Waals surface area contributed by atoms with Gasteiger partial charge in [0.25, 0.3) is 0 Å². The first-order chi connectivity index (χ1) is 16.6. The van der Waals surface area contributed by atoms with Crippen LogP contribution in [0.15, 0.2) is 48.5 Å². The zero-order valence-corrected chi connectivity index (χ0v) is 21.3. The van der Waals surface area contributed by atoms with E-state index >= 15 is 0 Å². The fourth-order valence-corrected chi connectivity index (χ4v) is 5.09. The van der Waals surface area contributed by atoms with E-state index in [0.717, 1.165) is 11.1 Å². The second-order valence-corrected chi connectivity index (χ2v) is 11.0. The molecule has 0 bridgehead atoms. The molecule has 0 saturated heterocycles. The average Bonchev–Trinajstić information content (AvgIpc) is 3.09. The number of amides is 2. The Hall–Kier alpha value is -3.00. The maximum atomic E-state index is 12.2. The Kier molecular flexibility index (Phi) is 9.20. The van der Waals surface area contributed by atoms with Crippen molar-refractivity contribution in [3.8, 4) is 11.1 Å². The summed E-state index contributed by atoms with van der Waals surface area (Å²) in [5.41, 5.74) is 4.60. The van der Waals surface area contributed by atoms with Crippen molar-refractivity contribution in [3.63, 3.8) is 0 Å². The number of carboxylic acids is 1. The summed E-state index contributed by atoms with van der Waals surface area (Å²) >= 11 is 1.38. The summed E-state index contributed by atoms with van der Waals surface area (Å²) < 4.78 is 5.51. The van der Waals surface area contributed by atoms with E-state index in [1.165, 1.54) is 22.9 Å². The molecular formula is C27H34N2O5S. The van der Waals surface area contributed by atoms with Crippen LogP contribution in [0.25, 0.3) is 11.1 Å². The molecule has 0 aliphatic heterocycles. The fourth-order valence-electron chi connectivity index (χ4n) is 4.43. The van der Waals surface area contributed by atoms with Crippen LogP contribution in [0.3, 0.4) is 0 Å². The molecule has 8 heteroatoms. The number of carbonyl (C=O) groups is 3. The summed E-state index contributed by atoms with van der Waals surface area (Å²) in [6.45, 7) is 6.66. The van der Waals surface area contributed by atoms with Crippen molar-refractivity contribution >= 4 is 29.7 Å². The van der Waals surface area contributed by atoms with Gasteiger partial charge in [-0.2, -0.15) is 11.8 Å². The summed E-state index contributed by atoms with van der Waals surface area (Å²) in [5.74, 6) is -0.378. The van der Waals surface area contributed by atoms with E-state index in [1.807, 2.05) is 45.0 Å². The minimum atomic E-state index is -0.931. The van der Waals surface area contributed by atoms with Gasteiger partial charge in [0.05, 0.1) is 12.2 Å². The zero-order valence-electron chi connectivity index (χ0n) is 20.5. The standard InChI is InChI=1S/C27H34N2O5S/c1-27(2,3)15-18(14-25(31)32)29-24(30)17-35-13-12-28-26(33)34-16-23-21-10-6-4-8-19(21)20-9-5-7-11-22(20)23/h4-11,18,23H,12-17H2,1-3H3,(H,28,33)(H,29,30)(H,31,32). The molecule has 2 aromatic rings. The smallest absolute Gasteiger partial charge is 0.407 e. The van der Waals surface area contributed by atoms with E-state index in [0.29, 0.717) is 18.7 Å². The van der Waals surface area contributed by atoms with Crippen LogP contribution < -0.4 is 10.6 Å². The molecular weight excluding hydrogens is 464 g/mol. The van der Waals surface area contributed by atoms with Gasteiger partial charge in [-0.05, 0) is 34.1 Å². The molecule has 1 aliphatic carbocycles. The van der Waals surface area contributed by atoms with E-state index < -0.39 is 18.1 Å². The number of rotatable bonds is 11. The third kappa shape index (κ3) is 8.02. The van der Waals surface area contributed by atoms with Gasteiger partial charge in [0.2, 0.25) is 5.91 Å². The average molecular weight is 499 g/mol. The first-order valence-corrected chi connectivity index (χ1v) is 13.0. The lowest BCUT2D eigenvalue weighted by Crippen LogP contribution is -2.40. The normalized spacial score (nSPS) is 13.5. The quantitative estimate of drug-likeness (QED) is 0.390. The van der Waals surface area contributed by atoms with Crippen LogP contribution >= 0.6 is 11.8 Å². The number of alkyl carbamates (subject to hydrolysis) is 1. The molecule has 1 atom stereocenters. The minimum absolute atomic E-state index is 0.0121. The van der Waals surface area contributed by atoms with Crippen LogP contribution in [0.5, 0.6) is 0 Å². The maximum Gasteiger partial charge on any atom is 0.407 e. The first-order valence-electron chi connectivity index (χ1n) is 11.8. The van der Waals surface area contributed by atoms with Crippen LogP contribution in [0.2, 0.25) is 0 Å². The van der Waals surface area contributed by atoms with E-state index in [2.05, 4.69) is 34.9 Å². The number of thioether (sulfide) groups is 1. The summed E-state index contributed by atoms with van der Waals surface area (Å²) in [5, 5.41) is 14.6. The second kappa shape index (κ2) is 12.1. The highest BCUT2D eigenvalue weighted by Crippen LogP contribution is 2.44. The van der Waals surface area contributed by atoms with Gasteiger partial charge >= 0.3 is 12.1 Å². The molecule has 1 aliphatic rings. The van der Waals surface area contributed by atoms with Gasteiger partial charge < -0.3 is 20.5 Å². The molecule has 2 amide bonds. The van der Waals surface area contributed by atoms with Crippen molar-refractivity contribution in [2.24, 2.45) is 5.41 Å². The third-order valence-electron chi connectivity index (χ3n) is 5.74. The lowest BCUT2D eigenvalue weighted by atomic mass is 9.87. The molecule has 0 heterocycles. The second-order valence-electron chi connectivity index (χ2n) is 9.93. The van der Waals surface area contributed by atoms with Gasteiger partial charge in [-0.25, -0.2) is 4.79 Å². The maximum absolute atomic E-state index is 12.2. The highest BCUT2D eigenvalue weighted by molar-refractivity contribution is 7.99. The van der Waals surface area contributed by atoms with E-state index in [-0.39, 0.29) is 36.0 Å². The Balaban J connectivity index is 1.37. The van der Waals surface area contributed by atoms with Gasteiger partial charge in [0, 0.05) is 24.3 Å². The fraction of sp³-hybridized carbons (Fsp3) is 0.444. The lowest BCUT2D eigenvalue weighted by molar-refractivity contribution is -0.137. The highest BCUT2D eigenvalue weighted by Gasteiger charge is 2.29. The van der Waals surface area contributed by atoms with Gasteiger partial charge in [0.15, 0.2) is 0 Å². The van der Waals surface area contributed by atoms with Crippen LogP contribution in [-0.2, 0) is 14.3 Å². The number of carboxylic acid groups (broad SMARTS) is 1. The molecule has 0 saturated carbocycles. The Morgan fingerprint density at radius 2 is 1.63 bits per heavy atom. The largest absolute Gasteiger partial charge is 0.481 e. The van der Waals surface area contributed by atoms with Crippen LogP contribution in [0.4, 0.5) is 4.79 Å². The monoisotopic (exact) mass is 498 g/mol. The molecule has 0 spiro atoms. The number of carbonyl (C=O) groups excluding carboxylic acids is 2. The van der Waals surface area contributed by atoms with E-state index in [1.54, 1.807) is 0 Å². The lowest BCUT2D eigenvalue weighted by Gasteiger charge is -2.25.